The maximum absolute atomic E-state index is 12.6. The number of hydrogen-bond donors (Lipinski definition) is 0. The average molecular weight is 334 g/mol. The third-order valence-electron chi connectivity index (χ3n) is 4.39. The van der Waals surface area contributed by atoms with Crippen LogP contribution in [0.25, 0.3) is 0 Å². The highest BCUT2D eigenvalue weighted by molar-refractivity contribution is 6.00. The lowest BCUT2D eigenvalue weighted by atomic mass is 9.84. The first kappa shape index (κ1) is 20.2. The summed E-state index contributed by atoms with van der Waals surface area (Å²) in [6, 6.07) is 0. The summed E-state index contributed by atoms with van der Waals surface area (Å²) in [5.74, 6) is -0.628. The zero-order chi connectivity index (χ0) is 18.2. The minimum absolute atomic E-state index is 0.118. The molecule has 0 aromatic heterocycles. The van der Waals surface area contributed by atoms with E-state index in [2.05, 4.69) is 12.7 Å². The number of carbonyl (C=O) groups is 2. The van der Waals surface area contributed by atoms with E-state index in [1.54, 1.807) is 13.8 Å². The van der Waals surface area contributed by atoms with Gasteiger partial charge in [-0.1, -0.05) is 29.9 Å². The Morgan fingerprint density at radius 3 is 2.17 bits per heavy atom. The monoisotopic (exact) mass is 334 g/mol. The summed E-state index contributed by atoms with van der Waals surface area (Å²) in [6.45, 7) is 11.9. The van der Waals surface area contributed by atoms with Crippen LogP contribution in [0.2, 0.25) is 0 Å². The highest BCUT2D eigenvalue weighted by Gasteiger charge is 2.56. The number of hydrogen-bond acceptors (Lipinski definition) is 4. The summed E-state index contributed by atoms with van der Waals surface area (Å²) >= 11 is 0. The van der Waals surface area contributed by atoms with Gasteiger partial charge in [-0.25, -0.2) is 0 Å². The first-order chi connectivity index (χ1) is 11.4. The van der Waals surface area contributed by atoms with E-state index in [1.165, 1.54) is 5.57 Å². The predicted octanol–water partition coefficient (Wildman–Crippen LogP) is 4.22. The molecular formula is C20H30O4. The van der Waals surface area contributed by atoms with Crippen LogP contribution < -0.4 is 0 Å². The van der Waals surface area contributed by atoms with E-state index in [4.69, 9.17) is 9.47 Å². The molecule has 0 aliphatic heterocycles. The van der Waals surface area contributed by atoms with Crippen molar-refractivity contribution in [3.63, 3.8) is 0 Å². The Kier molecular flexibility index (Phi) is 7.96. The molecule has 0 bridgehead atoms. The van der Waals surface area contributed by atoms with Gasteiger partial charge < -0.3 is 9.47 Å². The van der Waals surface area contributed by atoms with Crippen molar-refractivity contribution in [2.45, 2.75) is 47.0 Å². The summed E-state index contributed by atoms with van der Waals surface area (Å²) in [6.07, 6.45) is 9.59. The molecule has 0 amide bonds. The lowest BCUT2D eigenvalue weighted by Gasteiger charge is -2.24. The van der Waals surface area contributed by atoms with Gasteiger partial charge in [-0.15, -0.1) is 6.58 Å². The third-order valence-corrected chi connectivity index (χ3v) is 4.39. The van der Waals surface area contributed by atoms with Crippen LogP contribution in [0.3, 0.4) is 0 Å². The number of ether oxygens (including phenoxy) is 2. The van der Waals surface area contributed by atoms with E-state index in [0.717, 1.165) is 6.42 Å². The maximum atomic E-state index is 12.6. The minimum Gasteiger partial charge on any atom is -0.465 e. The van der Waals surface area contributed by atoms with Crippen LogP contribution in [0.15, 0.2) is 36.5 Å². The molecule has 0 N–H and O–H groups in total. The second-order valence-corrected chi connectivity index (χ2v) is 6.51. The topological polar surface area (TPSA) is 52.6 Å². The molecule has 0 saturated heterocycles. The fourth-order valence-corrected chi connectivity index (χ4v) is 3.29. The van der Waals surface area contributed by atoms with Gasteiger partial charge in [0.1, 0.15) is 0 Å². The smallest absolute Gasteiger partial charge is 0.323 e. The highest BCUT2D eigenvalue weighted by Crippen LogP contribution is 2.49. The Hall–Kier alpha value is -1.84. The second kappa shape index (κ2) is 9.45. The van der Waals surface area contributed by atoms with Gasteiger partial charge in [-0.05, 0) is 58.8 Å². The molecule has 24 heavy (non-hydrogen) atoms. The Morgan fingerprint density at radius 1 is 1.12 bits per heavy atom. The van der Waals surface area contributed by atoms with Crippen LogP contribution in [0, 0.1) is 17.3 Å². The van der Waals surface area contributed by atoms with Crippen molar-refractivity contribution in [2.75, 3.05) is 13.2 Å². The van der Waals surface area contributed by atoms with Crippen LogP contribution in [0.1, 0.15) is 47.0 Å². The largest absolute Gasteiger partial charge is 0.465 e. The predicted molar refractivity (Wildman–Crippen MR) is 95.3 cm³/mol. The van der Waals surface area contributed by atoms with Gasteiger partial charge in [0.25, 0.3) is 0 Å². The van der Waals surface area contributed by atoms with Gasteiger partial charge in [0.2, 0.25) is 0 Å². The van der Waals surface area contributed by atoms with Crippen molar-refractivity contribution in [3.8, 4) is 0 Å². The van der Waals surface area contributed by atoms with Gasteiger partial charge in [-0.2, -0.15) is 0 Å². The molecule has 4 heteroatoms. The summed E-state index contributed by atoms with van der Waals surface area (Å²) in [7, 11) is 0. The van der Waals surface area contributed by atoms with E-state index in [0.29, 0.717) is 12.8 Å². The average Bonchev–Trinajstić information content (AvgIpc) is 2.88. The molecule has 4 nitrogen and oxygen atoms in total. The molecule has 0 unspecified atom stereocenters. The van der Waals surface area contributed by atoms with Gasteiger partial charge in [0, 0.05) is 0 Å². The molecule has 1 rings (SSSR count). The number of esters is 2. The number of rotatable bonds is 8. The number of allylic oxidation sites excluding steroid dienone is 5. The SMILES string of the molecule is C=CC[C@@H]1CC(C(=O)OCC)(C(=O)OCC)C[C@H]1/C=C/C=C(C)C. The standard InChI is InChI=1S/C20H30O4/c1-6-10-16-13-20(18(21)23-7-2,19(22)24-8-3)14-17(16)12-9-11-15(4)5/h6,9,11-12,16-17H,1,7-8,10,13-14H2,2-5H3/b12-9+/t16-,17-/m1/s1. The maximum Gasteiger partial charge on any atom is 0.323 e. The van der Waals surface area contributed by atoms with Crippen LogP contribution in [0.4, 0.5) is 0 Å². The zero-order valence-corrected chi connectivity index (χ0v) is 15.3. The second-order valence-electron chi connectivity index (χ2n) is 6.51. The molecule has 0 spiro atoms. The van der Waals surface area contributed by atoms with Crippen LogP contribution in [-0.4, -0.2) is 25.2 Å². The molecule has 0 aromatic rings. The lowest BCUT2D eigenvalue weighted by Crippen LogP contribution is -2.40. The summed E-state index contributed by atoms with van der Waals surface area (Å²) in [4.78, 5) is 25.2. The summed E-state index contributed by atoms with van der Waals surface area (Å²) < 4.78 is 10.4. The molecule has 134 valence electrons. The Morgan fingerprint density at radius 2 is 1.71 bits per heavy atom. The van der Waals surface area contributed by atoms with Crippen molar-refractivity contribution in [1.82, 2.24) is 0 Å². The molecule has 1 fully saturated rings. The zero-order valence-electron chi connectivity index (χ0n) is 15.3. The van der Waals surface area contributed by atoms with E-state index in [-0.39, 0.29) is 25.0 Å². The molecule has 0 heterocycles. The van der Waals surface area contributed by atoms with Crippen molar-refractivity contribution in [1.29, 1.82) is 0 Å². The number of carbonyl (C=O) groups excluding carboxylic acids is 2. The molecule has 1 aliphatic rings. The molecule has 0 radical (unpaired) electrons. The van der Waals surface area contributed by atoms with Crippen LogP contribution in [0.5, 0.6) is 0 Å². The van der Waals surface area contributed by atoms with Crippen LogP contribution >= 0.6 is 0 Å². The molecule has 1 aliphatic carbocycles. The van der Waals surface area contributed by atoms with Crippen LogP contribution in [-0.2, 0) is 19.1 Å². The molecular weight excluding hydrogens is 304 g/mol. The van der Waals surface area contributed by atoms with E-state index in [9.17, 15) is 9.59 Å². The van der Waals surface area contributed by atoms with Crippen molar-refractivity contribution in [3.05, 3.63) is 36.5 Å². The normalized spacial score (nSPS) is 22.2. The van der Waals surface area contributed by atoms with Gasteiger partial charge in [-0.3, -0.25) is 9.59 Å². The van der Waals surface area contributed by atoms with Gasteiger partial charge in [0.15, 0.2) is 5.41 Å². The van der Waals surface area contributed by atoms with Gasteiger partial charge in [0.05, 0.1) is 13.2 Å². The molecule has 1 saturated carbocycles. The Bertz CT molecular complexity index is 494. The molecule has 0 aromatic carbocycles. The summed E-state index contributed by atoms with van der Waals surface area (Å²) in [5.41, 5.74) is 0.00576. The summed E-state index contributed by atoms with van der Waals surface area (Å²) in [5, 5.41) is 0. The van der Waals surface area contributed by atoms with E-state index in [1.807, 2.05) is 32.1 Å². The highest BCUT2D eigenvalue weighted by atomic mass is 16.6. The lowest BCUT2D eigenvalue weighted by molar-refractivity contribution is -0.172. The first-order valence-corrected chi connectivity index (χ1v) is 8.68. The fourth-order valence-electron chi connectivity index (χ4n) is 3.29. The quantitative estimate of drug-likeness (QED) is 0.288. The third kappa shape index (κ3) is 4.83. The Balaban J connectivity index is 3.13. The Labute approximate surface area is 145 Å². The minimum atomic E-state index is -1.19. The van der Waals surface area contributed by atoms with Crippen molar-refractivity contribution < 1.29 is 19.1 Å². The molecule has 2 atom stereocenters. The fraction of sp³-hybridized carbons (Fsp3) is 0.600. The van der Waals surface area contributed by atoms with Crippen molar-refractivity contribution >= 4 is 11.9 Å². The van der Waals surface area contributed by atoms with Gasteiger partial charge >= 0.3 is 11.9 Å². The first-order valence-electron chi connectivity index (χ1n) is 8.68. The van der Waals surface area contributed by atoms with E-state index < -0.39 is 17.4 Å². The van der Waals surface area contributed by atoms with E-state index >= 15 is 0 Å². The van der Waals surface area contributed by atoms with Crippen molar-refractivity contribution in [2.24, 2.45) is 17.3 Å².